The fourth-order valence-corrected chi connectivity index (χ4v) is 3.87. The molecule has 0 spiro atoms. The molecule has 0 aliphatic carbocycles. The van der Waals surface area contributed by atoms with Crippen LogP contribution >= 0.6 is 0 Å². The number of hydrogen-bond donors (Lipinski definition) is 0. The van der Waals surface area contributed by atoms with Crippen LogP contribution < -0.4 is 19.3 Å². The van der Waals surface area contributed by atoms with E-state index in [1.165, 1.54) is 36.2 Å². The summed E-state index contributed by atoms with van der Waals surface area (Å²) in [6, 6.07) is 17.1. The van der Waals surface area contributed by atoms with Crippen molar-refractivity contribution in [2.45, 2.75) is 13.0 Å². The normalized spacial score (nSPS) is 16.3. The van der Waals surface area contributed by atoms with Gasteiger partial charge in [-0.2, -0.15) is 0 Å². The first-order valence-electron chi connectivity index (χ1n) is 10.1. The third-order valence-electron chi connectivity index (χ3n) is 5.51. The largest absolute Gasteiger partial charge is 0.497 e. The fourth-order valence-electron chi connectivity index (χ4n) is 3.87. The van der Waals surface area contributed by atoms with Gasteiger partial charge >= 0.3 is 0 Å². The number of methoxy groups -OCH3 is 2. The molecule has 4 rings (SSSR count). The summed E-state index contributed by atoms with van der Waals surface area (Å²) in [5, 5.41) is 0. The van der Waals surface area contributed by atoms with Crippen LogP contribution in [-0.2, 0) is 9.59 Å². The van der Waals surface area contributed by atoms with Gasteiger partial charge in [0.1, 0.15) is 29.9 Å². The summed E-state index contributed by atoms with van der Waals surface area (Å²) in [5.74, 6) is -0.396. The molecule has 7 heteroatoms. The highest BCUT2D eigenvalue weighted by Gasteiger charge is 2.43. The molecule has 3 aromatic rings. The number of hydrogen-bond acceptors (Lipinski definition) is 4. The average Bonchev–Trinajstić information content (AvgIpc) is 2.81. The van der Waals surface area contributed by atoms with Crippen molar-refractivity contribution in [3.05, 3.63) is 83.7 Å². The van der Waals surface area contributed by atoms with E-state index < -0.39 is 17.8 Å². The molecule has 164 valence electrons. The lowest BCUT2D eigenvalue weighted by Crippen LogP contribution is -2.56. The number of piperazine rings is 1. The number of benzene rings is 3. The van der Waals surface area contributed by atoms with E-state index in [4.69, 9.17) is 9.47 Å². The highest BCUT2D eigenvalue weighted by molar-refractivity contribution is 6.15. The van der Waals surface area contributed by atoms with Crippen LogP contribution in [0.2, 0.25) is 0 Å². The number of anilines is 2. The van der Waals surface area contributed by atoms with Gasteiger partial charge in [-0.1, -0.05) is 35.9 Å². The van der Waals surface area contributed by atoms with E-state index in [1.54, 1.807) is 42.5 Å². The molecule has 1 aliphatic heterocycles. The van der Waals surface area contributed by atoms with E-state index in [0.29, 0.717) is 22.9 Å². The molecule has 0 radical (unpaired) electrons. The smallest absolute Gasteiger partial charge is 0.255 e. The van der Waals surface area contributed by atoms with Gasteiger partial charge in [0.2, 0.25) is 5.91 Å². The Kier molecular flexibility index (Phi) is 5.81. The molecular formula is C25H23FN2O4. The average molecular weight is 434 g/mol. The first-order chi connectivity index (χ1) is 15.4. The number of nitrogens with zero attached hydrogens (tertiary/aromatic N) is 2. The zero-order chi connectivity index (χ0) is 22.8. The zero-order valence-corrected chi connectivity index (χ0v) is 18.0. The van der Waals surface area contributed by atoms with Crippen LogP contribution in [-0.4, -0.2) is 32.6 Å². The van der Waals surface area contributed by atoms with Crippen molar-refractivity contribution in [3.63, 3.8) is 0 Å². The van der Waals surface area contributed by atoms with Gasteiger partial charge in [-0.05, 0) is 37.3 Å². The molecule has 1 fully saturated rings. The van der Waals surface area contributed by atoms with E-state index in [1.807, 2.05) is 19.1 Å². The van der Waals surface area contributed by atoms with Crippen molar-refractivity contribution in [1.82, 2.24) is 0 Å². The molecule has 0 N–H and O–H groups in total. The number of carbonyl (C=O) groups excluding carboxylic acids is 2. The van der Waals surface area contributed by atoms with Gasteiger partial charge in [0.25, 0.3) is 5.91 Å². The van der Waals surface area contributed by atoms with Crippen molar-refractivity contribution >= 4 is 23.2 Å². The summed E-state index contributed by atoms with van der Waals surface area (Å²) in [7, 11) is 3.00. The van der Waals surface area contributed by atoms with Crippen LogP contribution in [0.1, 0.15) is 17.2 Å². The molecule has 1 atom stereocenters. The van der Waals surface area contributed by atoms with Crippen LogP contribution in [0, 0.1) is 12.7 Å². The van der Waals surface area contributed by atoms with Gasteiger partial charge in [0.15, 0.2) is 0 Å². The van der Waals surface area contributed by atoms with E-state index in [0.717, 1.165) is 5.56 Å². The summed E-state index contributed by atoms with van der Waals surface area (Å²) < 4.78 is 25.5. The van der Waals surface area contributed by atoms with Gasteiger partial charge in [-0.3, -0.25) is 19.4 Å². The SMILES string of the molecule is COc1ccc(N2CC(=O)N(c3ccc(C)cc3)[C@H](c3ccccc3F)C2=O)c(OC)c1. The number of aryl methyl sites for hydroxylation is 1. The minimum Gasteiger partial charge on any atom is -0.497 e. The first kappa shape index (κ1) is 21.4. The second-order valence-electron chi connectivity index (χ2n) is 7.49. The van der Waals surface area contributed by atoms with Crippen molar-refractivity contribution in [1.29, 1.82) is 0 Å². The summed E-state index contributed by atoms with van der Waals surface area (Å²) in [5.41, 5.74) is 2.08. The molecular weight excluding hydrogens is 411 g/mol. The lowest BCUT2D eigenvalue weighted by molar-refractivity contribution is -0.128. The van der Waals surface area contributed by atoms with Crippen LogP contribution in [0.3, 0.4) is 0 Å². The minimum atomic E-state index is -1.16. The summed E-state index contributed by atoms with van der Waals surface area (Å²) >= 11 is 0. The Morgan fingerprint density at radius 2 is 1.66 bits per heavy atom. The third-order valence-corrected chi connectivity index (χ3v) is 5.51. The van der Waals surface area contributed by atoms with Gasteiger partial charge < -0.3 is 9.47 Å². The molecule has 32 heavy (non-hydrogen) atoms. The summed E-state index contributed by atoms with van der Waals surface area (Å²) in [6.45, 7) is 1.72. The van der Waals surface area contributed by atoms with Crippen LogP contribution in [0.25, 0.3) is 0 Å². The number of halogens is 1. The quantitative estimate of drug-likeness (QED) is 0.602. The van der Waals surface area contributed by atoms with Crippen LogP contribution in [0.4, 0.5) is 15.8 Å². The Labute approximate surface area is 185 Å². The maximum absolute atomic E-state index is 14.9. The van der Waals surface area contributed by atoms with Crippen molar-refractivity contribution in [2.75, 3.05) is 30.6 Å². The second-order valence-corrected chi connectivity index (χ2v) is 7.49. The van der Waals surface area contributed by atoms with Crippen molar-refractivity contribution in [2.24, 2.45) is 0 Å². The standard InChI is InChI=1S/C25H23FN2O4/c1-16-8-10-17(11-9-16)28-23(29)15-27(21-13-12-18(31-2)14-22(21)32-3)25(30)24(28)19-6-4-5-7-20(19)26/h4-14,24H,15H2,1-3H3/t24-/m1/s1. The lowest BCUT2D eigenvalue weighted by Gasteiger charge is -2.40. The Balaban J connectivity index is 1.84. The predicted molar refractivity (Wildman–Crippen MR) is 120 cm³/mol. The fraction of sp³-hybridized carbons (Fsp3) is 0.200. The number of rotatable bonds is 5. The Morgan fingerprint density at radius 3 is 2.31 bits per heavy atom. The topological polar surface area (TPSA) is 59.1 Å². The van der Waals surface area contributed by atoms with Crippen LogP contribution in [0.5, 0.6) is 11.5 Å². The minimum absolute atomic E-state index is 0.128. The summed E-state index contributed by atoms with van der Waals surface area (Å²) in [6.07, 6.45) is 0. The maximum atomic E-state index is 14.9. The van der Waals surface area contributed by atoms with Gasteiger partial charge in [-0.25, -0.2) is 4.39 Å². The number of carbonyl (C=O) groups is 2. The summed E-state index contributed by atoms with van der Waals surface area (Å²) in [4.78, 5) is 29.9. The Hall–Kier alpha value is -3.87. The van der Waals surface area contributed by atoms with E-state index in [2.05, 4.69) is 0 Å². The van der Waals surface area contributed by atoms with Crippen molar-refractivity contribution in [3.8, 4) is 11.5 Å². The maximum Gasteiger partial charge on any atom is 0.255 e. The molecule has 0 bridgehead atoms. The highest BCUT2D eigenvalue weighted by atomic mass is 19.1. The van der Waals surface area contributed by atoms with E-state index in [-0.39, 0.29) is 18.0 Å². The van der Waals surface area contributed by atoms with Gasteiger partial charge in [-0.15, -0.1) is 0 Å². The monoisotopic (exact) mass is 434 g/mol. The second kappa shape index (κ2) is 8.70. The van der Waals surface area contributed by atoms with Crippen molar-refractivity contribution < 1.29 is 23.5 Å². The van der Waals surface area contributed by atoms with E-state index >= 15 is 0 Å². The zero-order valence-electron chi connectivity index (χ0n) is 18.0. The molecule has 1 saturated heterocycles. The van der Waals surface area contributed by atoms with E-state index in [9.17, 15) is 14.0 Å². The van der Waals surface area contributed by atoms with Gasteiger partial charge in [0.05, 0.1) is 19.9 Å². The molecule has 2 amide bonds. The van der Waals surface area contributed by atoms with Gasteiger partial charge in [0, 0.05) is 17.3 Å². The predicted octanol–water partition coefficient (Wildman–Crippen LogP) is 4.27. The first-order valence-corrected chi connectivity index (χ1v) is 10.1. The molecule has 6 nitrogen and oxygen atoms in total. The molecule has 0 aromatic heterocycles. The number of ether oxygens (including phenoxy) is 2. The third kappa shape index (κ3) is 3.77. The van der Waals surface area contributed by atoms with Crippen LogP contribution in [0.15, 0.2) is 66.7 Å². The molecule has 3 aromatic carbocycles. The lowest BCUT2D eigenvalue weighted by atomic mass is 9.98. The molecule has 0 saturated carbocycles. The molecule has 1 heterocycles. The molecule has 0 unspecified atom stereocenters. The highest BCUT2D eigenvalue weighted by Crippen LogP contribution is 2.39. The number of amides is 2. The Morgan fingerprint density at radius 1 is 0.938 bits per heavy atom. The molecule has 1 aliphatic rings. The Bertz CT molecular complexity index is 1160.